The predicted octanol–water partition coefficient (Wildman–Crippen LogP) is 7.26. The monoisotopic (exact) mass is 286 g/mol. The fourth-order valence-corrected chi connectivity index (χ4v) is 2.95. The zero-order valence-electron chi connectivity index (χ0n) is 14.4. The summed E-state index contributed by atoms with van der Waals surface area (Å²) in [5.41, 5.74) is 3.08. The van der Waals surface area contributed by atoms with Crippen LogP contribution in [0.1, 0.15) is 84.1 Å². The van der Waals surface area contributed by atoms with Gasteiger partial charge in [-0.05, 0) is 37.2 Å². The smallest absolute Gasteiger partial charge is 0.0200 e. The van der Waals surface area contributed by atoms with E-state index >= 15 is 0 Å². The van der Waals surface area contributed by atoms with E-state index in [1.54, 1.807) is 5.57 Å². The number of hydrogen-bond acceptors (Lipinski definition) is 0. The molecule has 0 aliphatic carbocycles. The lowest BCUT2D eigenvalue weighted by Gasteiger charge is -2.21. The van der Waals surface area contributed by atoms with Crippen LogP contribution < -0.4 is 0 Å². The highest BCUT2D eigenvalue weighted by molar-refractivity contribution is 5.53. The lowest BCUT2D eigenvalue weighted by molar-refractivity contribution is 0.462. The Hall–Kier alpha value is -1.04. The third-order valence-corrected chi connectivity index (χ3v) is 4.31. The van der Waals surface area contributed by atoms with Crippen LogP contribution in [0.5, 0.6) is 0 Å². The van der Waals surface area contributed by atoms with Crippen LogP contribution in [0.25, 0.3) is 6.08 Å². The van der Waals surface area contributed by atoms with Gasteiger partial charge < -0.3 is 0 Å². The first-order valence-electron chi connectivity index (χ1n) is 9.07. The summed E-state index contributed by atoms with van der Waals surface area (Å²) in [4.78, 5) is 0. The van der Waals surface area contributed by atoms with E-state index in [4.69, 9.17) is 0 Å². The highest BCUT2D eigenvalue weighted by Gasteiger charge is 2.13. The van der Waals surface area contributed by atoms with Gasteiger partial charge in [0.05, 0.1) is 0 Å². The third-order valence-electron chi connectivity index (χ3n) is 4.31. The van der Waals surface area contributed by atoms with Crippen molar-refractivity contribution in [3.63, 3.8) is 0 Å². The van der Waals surface area contributed by atoms with Crippen molar-refractivity contribution < 1.29 is 0 Å². The molecule has 1 aromatic rings. The fraction of sp³-hybridized carbons (Fsp3) is 0.619. The summed E-state index contributed by atoms with van der Waals surface area (Å²) < 4.78 is 0. The summed E-state index contributed by atoms with van der Waals surface area (Å²) in [5, 5.41) is 0. The van der Waals surface area contributed by atoms with Crippen molar-refractivity contribution in [3.8, 4) is 0 Å². The van der Waals surface area contributed by atoms with Crippen LogP contribution in [0.3, 0.4) is 0 Å². The second-order valence-corrected chi connectivity index (χ2v) is 6.21. The maximum atomic E-state index is 2.48. The van der Waals surface area contributed by atoms with Crippen LogP contribution >= 0.6 is 0 Å². The molecule has 0 nitrogen and oxygen atoms in total. The summed E-state index contributed by atoms with van der Waals surface area (Å²) in [5.74, 6) is 0.802. The molecule has 0 saturated heterocycles. The summed E-state index contributed by atoms with van der Waals surface area (Å²) in [6, 6.07) is 10.9. The minimum Gasteiger partial charge on any atom is -0.0665 e. The van der Waals surface area contributed by atoms with Gasteiger partial charge >= 0.3 is 0 Å². The van der Waals surface area contributed by atoms with Crippen molar-refractivity contribution >= 4 is 6.08 Å². The zero-order chi connectivity index (χ0) is 15.3. The predicted molar refractivity (Wildman–Crippen MR) is 96.5 cm³/mol. The highest BCUT2D eigenvalue weighted by atomic mass is 14.2. The molecule has 1 aromatic carbocycles. The lowest BCUT2D eigenvalue weighted by Crippen LogP contribution is -2.05. The first-order chi connectivity index (χ1) is 10.3. The molecule has 0 fully saturated rings. The number of rotatable bonds is 11. The molecule has 1 rings (SSSR count). The summed E-state index contributed by atoms with van der Waals surface area (Å²) >= 11 is 0. The summed E-state index contributed by atoms with van der Waals surface area (Å²) in [7, 11) is 0. The topological polar surface area (TPSA) is 0 Å². The van der Waals surface area contributed by atoms with Crippen LogP contribution in [0.2, 0.25) is 0 Å². The first kappa shape index (κ1) is 18.0. The van der Waals surface area contributed by atoms with Gasteiger partial charge in [-0.3, -0.25) is 0 Å². The van der Waals surface area contributed by atoms with Gasteiger partial charge in [0.25, 0.3) is 0 Å². The Labute approximate surface area is 132 Å². The molecule has 0 saturated carbocycles. The quantitative estimate of drug-likeness (QED) is 0.401. The third kappa shape index (κ3) is 7.50. The number of hydrogen-bond donors (Lipinski definition) is 0. The molecule has 0 unspecified atom stereocenters. The molecule has 0 N–H and O–H groups in total. The lowest BCUT2D eigenvalue weighted by atomic mass is 9.85. The maximum Gasteiger partial charge on any atom is -0.0200 e. The minimum absolute atomic E-state index is 0.802. The van der Waals surface area contributed by atoms with E-state index in [0.29, 0.717) is 0 Å². The van der Waals surface area contributed by atoms with Gasteiger partial charge in [0.15, 0.2) is 0 Å². The Morgan fingerprint density at radius 2 is 1.43 bits per heavy atom. The normalized spacial score (nSPS) is 12.1. The van der Waals surface area contributed by atoms with Crippen LogP contribution in [-0.4, -0.2) is 0 Å². The van der Waals surface area contributed by atoms with Gasteiger partial charge in [-0.15, -0.1) is 0 Å². The van der Waals surface area contributed by atoms with Crippen molar-refractivity contribution in [3.05, 3.63) is 41.5 Å². The molecule has 0 amide bonds. The van der Waals surface area contributed by atoms with Crippen molar-refractivity contribution in [2.45, 2.75) is 78.6 Å². The van der Waals surface area contributed by atoms with Gasteiger partial charge in [-0.1, -0.05) is 94.9 Å². The average Bonchev–Trinajstić information content (AvgIpc) is 2.53. The highest BCUT2D eigenvalue weighted by Crippen LogP contribution is 2.29. The molecule has 0 heterocycles. The van der Waals surface area contributed by atoms with Crippen molar-refractivity contribution in [2.24, 2.45) is 5.92 Å². The molecule has 0 aliphatic rings. The van der Waals surface area contributed by atoms with Crippen LogP contribution in [0.4, 0.5) is 0 Å². The first-order valence-corrected chi connectivity index (χ1v) is 9.07. The molecule has 0 radical (unpaired) electrons. The second-order valence-electron chi connectivity index (χ2n) is 6.21. The minimum atomic E-state index is 0.802. The van der Waals surface area contributed by atoms with E-state index in [1.807, 2.05) is 0 Å². The van der Waals surface area contributed by atoms with Crippen LogP contribution in [0, 0.1) is 5.92 Å². The van der Waals surface area contributed by atoms with E-state index in [9.17, 15) is 0 Å². The number of benzene rings is 1. The molecule has 0 heteroatoms. The molecule has 118 valence electrons. The number of unbranched alkanes of at least 4 members (excludes halogenated alkanes) is 3. The Balaban J connectivity index is 2.86. The molecule has 0 atom stereocenters. The van der Waals surface area contributed by atoms with Crippen molar-refractivity contribution in [2.75, 3.05) is 0 Å². The van der Waals surface area contributed by atoms with E-state index in [-0.39, 0.29) is 0 Å². The van der Waals surface area contributed by atoms with Gasteiger partial charge in [0, 0.05) is 0 Å². The van der Waals surface area contributed by atoms with E-state index < -0.39 is 0 Å². The Kier molecular flexibility index (Phi) is 9.95. The van der Waals surface area contributed by atoms with Gasteiger partial charge in [0.1, 0.15) is 0 Å². The van der Waals surface area contributed by atoms with Gasteiger partial charge in [-0.25, -0.2) is 0 Å². The Morgan fingerprint density at radius 3 is 1.95 bits per heavy atom. The van der Waals surface area contributed by atoms with Gasteiger partial charge in [-0.2, -0.15) is 0 Å². The van der Waals surface area contributed by atoms with Crippen molar-refractivity contribution in [1.29, 1.82) is 0 Å². The Bertz CT molecular complexity index is 366. The standard InChI is InChI=1S/C21H34/c1-4-7-15-20(16-8-5-2)21(17-9-6-3)18-19-13-11-10-12-14-19/h10-14,18,20H,4-9,15-17H2,1-3H3. The fourth-order valence-electron chi connectivity index (χ4n) is 2.95. The van der Waals surface area contributed by atoms with Crippen LogP contribution in [0.15, 0.2) is 35.9 Å². The van der Waals surface area contributed by atoms with Crippen LogP contribution in [-0.2, 0) is 0 Å². The second kappa shape index (κ2) is 11.6. The average molecular weight is 287 g/mol. The Morgan fingerprint density at radius 1 is 0.857 bits per heavy atom. The van der Waals surface area contributed by atoms with Gasteiger partial charge in [0.2, 0.25) is 0 Å². The maximum absolute atomic E-state index is 2.48. The molecule has 0 spiro atoms. The molecule has 0 aliphatic heterocycles. The molecular formula is C21H34. The molecule has 0 aromatic heterocycles. The molecule has 21 heavy (non-hydrogen) atoms. The summed E-state index contributed by atoms with van der Waals surface area (Å²) in [6.45, 7) is 6.92. The molecule has 0 bridgehead atoms. The van der Waals surface area contributed by atoms with E-state index in [0.717, 1.165) is 5.92 Å². The van der Waals surface area contributed by atoms with E-state index in [1.165, 1.54) is 63.4 Å². The zero-order valence-corrected chi connectivity index (χ0v) is 14.4. The molecular weight excluding hydrogens is 252 g/mol. The SMILES string of the molecule is CCCCC(=Cc1ccccc1)C(CCCC)CCCC. The van der Waals surface area contributed by atoms with E-state index in [2.05, 4.69) is 57.2 Å². The number of allylic oxidation sites excluding steroid dienone is 1. The summed E-state index contributed by atoms with van der Waals surface area (Å²) in [6.07, 6.45) is 14.5. The largest absolute Gasteiger partial charge is 0.0665 e. The van der Waals surface area contributed by atoms with Crippen molar-refractivity contribution in [1.82, 2.24) is 0 Å².